The summed E-state index contributed by atoms with van der Waals surface area (Å²) in [7, 11) is 4.04. The Hall–Kier alpha value is -1.75. The van der Waals surface area contributed by atoms with E-state index < -0.39 is 0 Å². The fourth-order valence-electron chi connectivity index (χ4n) is 1.83. The summed E-state index contributed by atoms with van der Waals surface area (Å²) in [5.74, 6) is -0.322. The summed E-state index contributed by atoms with van der Waals surface area (Å²) < 4.78 is 10.00. The number of hydrogen-bond donors (Lipinski definition) is 1. The van der Waals surface area contributed by atoms with Gasteiger partial charge >= 0.3 is 5.97 Å². The minimum Gasteiger partial charge on any atom is -0.464 e. The van der Waals surface area contributed by atoms with E-state index in [1.54, 1.807) is 6.92 Å². The fourth-order valence-corrected chi connectivity index (χ4v) is 1.83. The molecule has 1 rings (SSSR count). The first-order chi connectivity index (χ1) is 9.54. The molecule has 0 saturated carbocycles. The largest absolute Gasteiger partial charge is 0.464 e. The highest BCUT2D eigenvalue weighted by Crippen LogP contribution is 2.22. The van der Waals surface area contributed by atoms with Crippen LogP contribution in [-0.2, 0) is 14.3 Å². The van der Waals surface area contributed by atoms with Crippen LogP contribution in [0.15, 0.2) is 18.2 Å². The molecule has 0 radical (unpaired) electrons. The highest BCUT2D eigenvalue weighted by Gasteiger charge is 2.03. The molecule has 0 bridgehead atoms. The molecule has 20 heavy (non-hydrogen) atoms. The van der Waals surface area contributed by atoms with Crippen LogP contribution in [0.4, 0.5) is 11.4 Å². The molecular formula is C15H24N2O3. The molecule has 0 heterocycles. The van der Waals surface area contributed by atoms with Crippen molar-refractivity contribution < 1.29 is 14.3 Å². The zero-order chi connectivity index (χ0) is 15.0. The van der Waals surface area contributed by atoms with Crippen LogP contribution in [0.5, 0.6) is 0 Å². The molecule has 5 nitrogen and oxygen atoms in total. The van der Waals surface area contributed by atoms with Gasteiger partial charge in [-0.15, -0.1) is 0 Å². The van der Waals surface area contributed by atoms with E-state index >= 15 is 0 Å². The molecule has 0 saturated heterocycles. The van der Waals surface area contributed by atoms with Crippen molar-refractivity contribution in [1.82, 2.24) is 0 Å². The maximum absolute atomic E-state index is 11.1. The molecule has 0 amide bonds. The van der Waals surface area contributed by atoms with E-state index in [9.17, 15) is 4.79 Å². The average molecular weight is 280 g/mol. The lowest BCUT2D eigenvalue weighted by Gasteiger charge is -2.17. The van der Waals surface area contributed by atoms with Gasteiger partial charge in [0.2, 0.25) is 0 Å². The van der Waals surface area contributed by atoms with E-state index in [1.165, 1.54) is 11.3 Å². The second-order valence-electron chi connectivity index (χ2n) is 4.68. The molecule has 0 spiro atoms. The summed E-state index contributed by atoms with van der Waals surface area (Å²) in [6, 6.07) is 6.21. The second kappa shape index (κ2) is 8.43. The molecule has 5 heteroatoms. The van der Waals surface area contributed by atoms with Gasteiger partial charge in [0.05, 0.1) is 13.2 Å². The molecule has 0 atom stereocenters. The molecule has 112 valence electrons. The van der Waals surface area contributed by atoms with Crippen LogP contribution in [0.1, 0.15) is 12.5 Å². The van der Waals surface area contributed by atoms with Crippen LogP contribution in [0.25, 0.3) is 0 Å². The third-order valence-electron chi connectivity index (χ3n) is 2.79. The van der Waals surface area contributed by atoms with Gasteiger partial charge in [0, 0.05) is 32.0 Å². The molecule has 1 aromatic carbocycles. The lowest BCUT2D eigenvalue weighted by atomic mass is 10.1. The van der Waals surface area contributed by atoms with Crippen molar-refractivity contribution in [3.05, 3.63) is 23.8 Å². The lowest BCUT2D eigenvalue weighted by Crippen LogP contribution is -2.17. The summed E-state index contributed by atoms with van der Waals surface area (Å²) in [5, 5.41) is 3.27. The van der Waals surface area contributed by atoms with Gasteiger partial charge in [0.1, 0.15) is 6.61 Å². The van der Waals surface area contributed by atoms with Crippen molar-refractivity contribution >= 4 is 17.3 Å². The van der Waals surface area contributed by atoms with Crippen molar-refractivity contribution in [2.24, 2.45) is 0 Å². The number of anilines is 2. The number of carbonyl (C=O) groups is 1. The lowest BCUT2D eigenvalue weighted by molar-refractivity contribution is -0.148. The van der Waals surface area contributed by atoms with Crippen molar-refractivity contribution in [3.8, 4) is 0 Å². The highest BCUT2D eigenvalue weighted by atomic mass is 16.6. The van der Waals surface area contributed by atoms with E-state index in [1.807, 2.05) is 20.2 Å². The molecular weight excluding hydrogens is 256 g/mol. The summed E-state index contributed by atoms with van der Waals surface area (Å²) >= 11 is 0. The Morgan fingerprint density at radius 3 is 2.75 bits per heavy atom. The molecule has 0 unspecified atom stereocenters. The predicted molar refractivity (Wildman–Crippen MR) is 81.4 cm³/mol. The Labute approximate surface area is 120 Å². The number of ether oxygens (including phenoxy) is 2. The topological polar surface area (TPSA) is 50.8 Å². The van der Waals surface area contributed by atoms with E-state index in [4.69, 9.17) is 9.47 Å². The summed E-state index contributed by atoms with van der Waals surface area (Å²) in [5.41, 5.74) is 3.46. The fraction of sp³-hybridized carbons (Fsp3) is 0.533. The zero-order valence-corrected chi connectivity index (χ0v) is 12.7. The van der Waals surface area contributed by atoms with E-state index in [0.717, 1.165) is 5.69 Å². The van der Waals surface area contributed by atoms with Crippen molar-refractivity contribution in [2.75, 3.05) is 50.7 Å². The van der Waals surface area contributed by atoms with E-state index in [0.29, 0.717) is 19.8 Å². The van der Waals surface area contributed by atoms with Gasteiger partial charge in [-0.3, -0.25) is 0 Å². The third kappa shape index (κ3) is 5.48. The van der Waals surface area contributed by atoms with Crippen LogP contribution in [0.2, 0.25) is 0 Å². The van der Waals surface area contributed by atoms with Crippen molar-refractivity contribution in [1.29, 1.82) is 0 Å². The molecule has 0 aliphatic rings. The van der Waals surface area contributed by atoms with Crippen LogP contribution in [-0.4, -0.2) is 46.4 Å². The Bertz CT molecular complexity index is 433. The SMILES string of the molecule is CCOC(=O)COCCNc1ccc(C)c(N(C)C)c1. The highest BCUT2D eigenvalue weighted by molar-refractivity contribution is 5.70. The van der Waals surface area contributed by atoms with Crippen molar-refractivity contribution in [2.45, 2.75) is 13.8 Å². The Kier molecular flexibility index (Phi) is 6.87. The van der Waals surface area contributed by atoms with Gasteiger partial charge in [-0.1, -0.05) is 6.07 Å². The van der Waals surface area contributed by atoms with E-state index in [-0.39, 0.29) is 12.6 Å². The number of carbonyl (C=O) groups excluding carboxylic acids is 1. The van der Waals surface area contributed by atoms with Gasteiger partial charge in [0.15, 0.2) is 0 Å². The van der Waals surface area contributed by atoms with Gasteiger partial charge in [-0.25, -0.2) is 4.79 Å². The molecule has 1 aromatic rings. The minimum absolute atomic E-state index is 0.00632. The van der Waals surface area contributed by atoms with Crippen LogP contribution in [0.3, 0.4) is 0 Å². The Balaban J connectivity index is 2.32. The third-order valence-corrected chi connectivity index (χ3v) is 2.79. The Morgan fingerprint density at radius 1 is 1.35 bits per heavy atom. The summed E-state index contributed by atoms with van der Waals surface area (Å²) in [4.78, 5) is 13.1. The number of esters is 1. The van der Waals surface area contributed by atoms with Crippen LogP contribution in [0, 0.1) is 6.92 Å². The molecule has 0 aromatic heterocycles. The monoisotopic (exact) mass is 280 g/mol. The molecule has 0 aliphatic carbocycles. The Morgan fingerprint density at radius 2 is 2.10 bits per heavy atom. The number of hydrogen-bond acceptors (Lipinski definition) is 5. The smallest absolute Gasteiger partial charge is 0.332 e. The van der Waals surface area contributed by atoms with Gasteiger partial charge in [-0.05, 0) is 31.5 Å². The molecule has 0 fully saturated rings. The number of rotatable bonds is 8. The number of aryl methyl sites for hydroxylation is 1. The van der Waals surface area contributed by atoms with Crippen molar-refractivity contribution in [3.63, 3.8) is 0 Å². The second-order valence-corrected chi connectivity index (χ2v) is 4.68. The maximum Gasteiger partial charge on any atom is 0.332 e. The van der Waals surface area contributed by atoms with Crippen LogP contribution < -0.4 is 10.2 Å². The minimum atomic E-state index is -0.322. The molecule has 1 N–H and O–H groups in total. The first-order valence-electron chi connectivity index (χ1n) is 6.79. The average Bonchev–Trinajstić information content (AvgIpc) is 2.40. The zero-order valence-electron chi connectivity index (χ0n) is 12.7. The standard InChI is InChI=1S/C15H24N2O3/c1-5-20-15(18)11-19-9-8-16-13-7-6-12(2)14(10-13)17(3)4/h6-7,10,16H,5,8-9,11H2,1-4H3. The summed E-state index contributed by atoms with van der Waals surface area (Å²) in [6.45, 7) is 5.36. The van der Waals surface area contributed by atoms with Gasteiger partial charge in [-0.2, -0.15) is 0 Å². The first-order valence-corrected chi connectivity index (χ1v) is 6.79. The first kappa shape index (κ1) is 16.3. The number of benzene rings is 1. The quantitative estimate of drug-likeness (QED) is 0.583. The number of nitrogens with zero attached hydrogens (tertiary/aromatic N) is 1. The number of nitrogens with one attached hydrogen (secondary N) is 1. The molecule has 0 aliphatic heterocycles. The maximum atomic E-state index is 11.1. The predicted octanol–water partition coefficient (Wildman–Crippen LogP) is 2.05. The van der Waals surface area contributed by atoms with Gasteiger partial charge < -0.3 is 19.7 Å². The van der Waals surface area contributed by atoms with Gasteiger partial charge in [0.25, 0.3) is 0 Å². The van der Waals surface area contributed by atoms with Crippen LogP contribution >= 0.6 is 0 Å². The normalized spacial score (nSPS) is 10.2. The summed E-state index contributed by atoms with van der Waals surface area (Å²) in [6.07, 6.45) is 0. The van der Waals surface area contributed by atoms with E-state index in [2.05, 4.69) is 29.3 Å².